The van der Waals surface area contributed by atoms with Gasteiger partial charge in [0, 0.05) is 12.6 Å². The number of hydrogen-bond acceptors (Lipinski definition) is 5. The van der Waals surface area contributed by atoms with Crippen molar-refractivity contribution in [3.63, 3.8) is 0 Å². The third-order valence-corrected chi connectivity index (χ3v) is 2.96. The van der Waals surface area contributed by atoms with E-state index in [1.54, 1.807) is 7.05 Å². The average molecular weight is 258 g/mol. The third kappa shape index (κ3) is 2.81. The fraction of sp³-hybridized carbons (Fsp3) is 0.357. The zero-order valence-corrected chi connectivity index (χ0v) is 11.7. The van der Waals surface area contributed by atoms with E-state index in [-0.39, 0.29) is 0 Å². The molecule has 2 rings (SSSR count). The van der Waals surface area contributed by atoms with Crippen LogP contribution in [-0.2, 0) is 0 Å². The molecule has 2 aromatic rings. The van der Waals surface area contributed by atoms with E-state index < -0.39 is 0 Å². The van der Waals surface area contributed by atoms with Gasteiger partial charge >= 0.3 is 6.01 Å². The highest BCUT2D eigenvalue weighted by Crippen LogP contribution is 2.24. The van der Waals surface area contributed by atoms with Crippen molar-refractivity contribution in [2.45, 2.75) is 20.8 Å². The molecule has 0 aliphatic carbocycles. The molecule has 0 saturated heterocycles. The van der Waals surface area contributed by atoms with Crippen molar-refractivity contribution in [3.8, 4) is 17.4 Å². The molecule has 5 heteroatoms. The van der Waals surface area contributed by atoms with Gasteiger partial charge in [-0.3, -0.25) is 0 Å². The molecule has 1 N–H and O–H groups in total. The van der Waals surface area contributed by atoms with Crippen molar-refractivity contribution < 1.29 is 4.74 Å². The first-order valence-electron chi connectivity index (χ1n) is 6.29. The fourth-order valence-corrected chi connectivity index (χ4v) is 1.78. The maximum Gasteiger partial charge on any atom is 0.321 e. The number of nitrogens with one attached hydrogen (secondary N) is 1. The molecular weight excluding hydrogens is 240 g/mol. The average Bonchev–Trinajstić information content (AvgIpc) is 2.42. The first-order chi connectivity index (χ1) is 9.15. The van der Waals surface area contributed by atoms with Crippen LogP contribution in [0.25, 0.3) is 11.4 Å². The summed E-state index contributed by atoms with van der Waals surface area (Å²) in [7, 11) is 1.78. The Kier molecular flexibility index (Phi) is 3.94. The standard InChI is InChI=1S/C14H18N4O/c1-5-19-14-17-12(16-13(15-4)18-14)11-8-6-7-9(2)10(11)3/h6-8H,5H2,1-4H3,(H,15,16,17,18). The third-order valence-electron chi connectivity index (χ3n) is 2.96. The number of anilines is 1. The quantitative estimate of drug-likeness (QED) is 0.913. The van der Waals surface area contributed by atoms with Crippen LogP contribution in [0.3, 0.4) is 0 Å². The molecule has 1 aromatic heterocycles. The van der Waals surface area contributed by atoms with Gasteiger partial charge in [-0.05, 0) is 31.9 Å². The maximum atomic E-state index is 5.38. The van der Waals surface area contributed by atoms with Gasteiger partial charge in [0.2, 0.25) is 5.95 Å². The summed E-state index contributed by atoms with van der Waals surface area (Å²) in [6, 6.07) is 6.42. The van der Waals surface area contributed by atoms with Crippen molar-refractivity contribution in [2.75, 3.05) is 19.0 Å². The van der Waals surface area contributed by atoms with Crippen LogP contribution in [0.2, 0.25) is 0 Å². The number of hydrogen-bond donors (Lipinski definition) is 1. The molecular formula is C14H18N4O. The summed E-state index contributed by atoms with van der Waals surface area (Å²) in [6.45, 7) is 6.57. The molecule has 19 heavy (non-hydrogen) atoms. The van der Waals surface area contributed by atoms with Gasteiger partial charge in [0.15, 0.2) is 5.82 Å². The second kappa shape index (κ2) is 5.65. The lowest BCUT2D eigenvalue weighted by atomic mass is 10.0. The number of ether oxygens (including phenoxy) is 1. The van der Waals surface area contributed by atoms with Gasteiger partial charge in [-0.15, -0.1) is 0 Å². The zero-order valence-electron chi connectivity index (χ0n) is 11.7. The Morgan fingerprint density at radius 2 is 1.95 bits per heavy atom. The molecule has 0 bridgehead atoms. The molecule has 100 valence electrons. The van der Waals surface area contributed by atoms with Crippen molar-refractivity contribution in [1.82, 2.24) is 15.0 Å². The summed E-state index contributed by atoms with van der Waals surface area (Å²) in [5, 5.41) is 2.93. The van der Waals surface area contributed by atoms with Crippen LogP contribution in [-0.4, -0.2) is 28.6 Å². The van der Waals surface area contributed by atoms with Crippen LogP contribution in [0.1, 0.15) is 18.1 Å². The lowest BCUT2D eigenvalue weighted by Crippen LogP contribution is -2.05. The normalized spacial score (nSPS) is 10.3. The van der Waals surface area contributed by atoms with Gasteiger partial charge in [0.25, 0.3) is 0 Å². The molecule has 0 aliphatic rings. The van der Waals surface area contributed by atoms with Crippen LogP contribution >= 0.6 is 0 Å². The summed E-state index contributed by atoms with van der Waals surface area (Å²) < 4.78 is 5.38. The molecule has 5 nitrogen and oxygen atoms in total. The van der Waals surface area contributed by atoms with Crippen LogP contribution < -0.4 is 10.1 Å². The monoisotopic (exact) mass is 258 g/mol. The SMILES string of the molecule is CCOc1nc(NC)nc(-c2cccc(C)c2C)n1. The maximum absolute atomic E-state index is 5.38. The van der Waals surface area contributed by atoms with Gasteiger partial charge in [-0.2, -0.15) is 15.0 Å². The Labute approximate surface area is 113 Å². The van der Waals surface area contributed by atoms with Gasteiger partial charge < -0.3 is 10.1 Å². The van der Waals surface area contributed by atoms with Gasteiger partial charge in [0.1, 0.15) is 0 Å². The Morgan fingerprint density at radius 1 is 1.16 bits per heavy atom. The molecule has 1 heterocycles. The van der Waals surface area contributed by atoms with E-state index in [0.29, 0.717) is 24.4 Å². The summed E-state index contributed by atoms with van der Waals surface area (Å²) >= 11 is 0. The summed E-state index contributed by atoms with van der Waals surface area (Å²) in [5.74, 6) is 1.14. The molecule has 0 fully saturated rings. The number of benzene rings is 1. The predicted molar refractivity (Wildman–Crippen MR) is 75.5 cm³/mol. The van der Waals surface area contributed by atoms with E-state index in [9.17, 15) is 0 Å². The molecule has 0 unspecified atom stereocenters. The minimum absolute atomic E-state index is 0.345. The number of aromatic nitrogens is 3. The van der Waals surface area contributed by atoms with Crippen molar-refractivity contribution in [3.05, 3.63) is 29.3 Å². The van der Waals surface area contributed by atoms with Gasteiger partial charge in [-0.1, -0.05) is 18.2 Å². The zero-order chi connectivity index (χ0) is 13.8. The smallest absolute Gasteiger partial charge is 0.321 e. The van der Waals surface area contributed by atoms with Gasteiger partial charge in [-0.25, -0.2) is 0 Å². The topological polar surface area (TPSA) is 59.9 Å². The molecule has 0 amide bonds. The van der Waals surface area contributed by atoms with Gasteiger partial charge in [0.05, 0.1) is 6.61 Å². The molecule has 0 radical (unpaired) electrons. The highest BCUT2D eigenvalue weighted by Gasteiger charge is 2.11. The molecule has 1 aromatic carbocycles. The van der Waals surface area contributed by atoms with Crippen LogP contribution in [0.4, 0.5) is 5.95 Å². The van der Waals surface area contributed by atoms with Crippen molar-refractivity contribution >= 4 is 5.95 Å². The van der Waals surface area contributed by atoms with E-state index in [1.165, 1.54) is 11.1 Å². The van der Waals surface area contributed by atoms with Crippen LogP contribution in [0.15, 0.2) is 18.2 Å². The first kappa shape index (κ1) is 13.3. The first-order valence-corrected chi connectivity index (χ1v) is 6.29. The highest BCUT2D eigenvalue weighted by molar-refractivity contribution is 5.62. The molecule has 0 aliphatic heterocycles. The highest BCUT2D eigenvalue weighted by atomic mass is 16.5. The second-order valence-corrected chi connectivity index (χ2v) is 4.20. The van der Waals surface area contributed by atoms with E-state index >= 15 is 0 Å². The van der Waals surface area contributed by atoms with E-state index in [4.69, 9.17) is 4.74 Å². The second-order valence-electron chi connectivity index (χ2n) is 4.20. The van der Waals surface area contributed by atoms with E-state index in [1.807, 2.05) is 19.1 Å². The molecule has 0 saturated carbocycles. The number of aryl methyl sites for hydroxylation is 1. The largest absolute Gasteiger partial charge is 0.464 e. The van der Waals surface area contributed by atoms with Crippen molar-refractivity contribution in [2.24, 2.45) is 0 Å². The van der Waals surface area contributed by atoms with E-state index in [0.717, 1.165) is 5.56 Å². The summed E-state index contributed by atoms with van der Waals surface area (Å²) in [4.78, 5) is 12.9. The fourth-order valence-electron chi connectivity index (χ4n) is 1.78. The van der Waals surface area contributed by atoms with Crippen molar-refractivity contribution in [1.29, 1.82) is 0 Å². The number of rotatable bonds is 4. The van der Waals surface area contributed by atoms with Crippen LogP contribution in [0, 0.1) is 13.8 Å². The lowest BCUT2D eigenvalue weighted by Gasteiger charge is -2.10. The predicted octanol–water partition coefficient (Wildman–Crippen LogP) is 2.60. The Balaban J connectivity index is 2.54. The molecule has 0 atom stereocenters. The Bertz CT molecular complexity index is 584. The summed E-state index contributed by atoms with van der Waals surface area (Å²) in [5.41, 5.74) is 3.37. The Hall–Kier alpha value is -2.17. The number of nitrogens with zero attached hydrogens (tertiary/aromatic N) is 3. The minimum Gasteiger partial charge on any atom is -0.464 e. The lowest BCUT2D eigenvalue weighted by molar-refractivity contribution is 0.312. The molecule has 0 spiro atoms. The Morgan fingerprint density at radius 3 is 2.63 bits per heavy atom. The van der Waals surface area contributed by atoms with Crippen LogP contribution in [0.5, 0.6) is 6.01 Å². The minimum atomic E-state index is 0.345. The van der Waals surface area contributed by atoms with E-state index in [2.05, 4.69) is 40.2 Å². The summed E-state index contributed by atoms with van der Waals surface area (Å²) in [6.07, 6.45) is 0.